The summed E-state index contributed by atoms with van der Waals surface area (Å²) in [5.41, 5.74) is 0. The third-order valence-electron chi connectivity index (χ3n) is 0. The molecule has 0 spiro atoms. The Balaban J connectivity index is -0.0000000150. The molecule has 2 N–H and O–H groups in total. The molecule has 34 valence electrons. The van der Waals surface area contributed by atoms with Gasteiger partial charge >= 0.3 is 29.6 Å². The Morgan fingerprint density at radius 2 is 1.29 bits per heavy atom. The summed E-state index contributed by atoms with van der Waals surface area (Å²) in [5, 5.41) is 14.8. The maximum Gasteiger partial charge on any atom is 1.00 e. The van der Waals surface area contributed by atoms with Crippen LogP contribution in [-0.4, -0.2) is 10.6 Å². The summed E-state index contributed by atoms with van der Waals surface area (Å²) in [6.45, 7) is 0. The topological polar surface area (TPSA) is 97.7 Å². The van der Waals surface area contributed by atoms with Gasteiger partial charge in [-0.2, -0.15) is 0 Å². The van der Waals surface area contributed by atoms with Gasteiger partial charge in [0, 0.05) is 19.5 Å². The minimum absolute atomic E-state index is 0. The predicted molar refractivity (Wildman–Crippen MR) is 14.0 cm³/mol. The molecule has 0 aliphatic heterocycles. The van der Waals surface area contributed by atoms with E-state index in [0.717, 1.165) is 0 Å². The van der Waals surface area contributed by atoms with E-state index in [0.29, 0.717) is 0 Å². The first kappa shape index (κ1) is 25.0. The second kappa shape index (κ2) is 15.9. The van der Waals surface area contributed by atoms with Crippen LogP contribution in [0.5, 0.6) is 0 Å². The number of hydrogen-bond donors (Lipinski definition) is 0. The van der Waals surface area contributed by atoms with Crippen molar-refractivity contribution >= 4 is 0 Å². The van der Waals surface area contributed by atoms with Crippen LogP contribution in [-0.2, 0) is 19.5 Å². The van der Waals surface area contributed by atoms with Crippen LogP contribution in [0.1, 0.15) is 0 Å². The van der Waals surface area contributed by atoms with Crippen LogP contribution < -0.4 is 29.6 Å². The number of hydrogen-bond acceptors (Lipinski definition) is 3. The molecule has 0 aromatic carbocycles. The van der Waals surface area contributed by atoms with Gasteiger partial charge in [-0.1, -0.05) is 0 Å². The first-order valence-electron chi connectivity index (χ1n) is 0.548. The molecule has 7 heavy (non-hydrogen) atoms. The Labute approximate surface area is 74.6 Å². The maximum absolute atomic E-state index is 8.25. The van der Waals surface area contributed by atoms with Crippen molar-refractivity contribution in [3.05, 3.63) is 15.3 Å². The van der Waals surface area contributed by atoms with E-state index in [-0.39, 0.29) is 54.5 Å². The van der Waals surface area contributed by atoms with Crippen LogP contribution in [0.25, 0.3) is 0 Å². The zero-order valence-electron chi connectivity index (χ0n) is 3.88. The summed E-state index contributed by atoms with van der Waals surface area (Å²) in [5.74, 6) is 0. The average Bonchev–Trinajstić information content (AvgIpc) is 0.811. The molecule has 0 unspecified atom stereocenters. The number of rotatable bonds is 0. The van der Waals surface area contributed by atoms with E-state index >= 15 is 0 Å². The van der Waals surface area contributed by atoms with E-state index in [1.807, 2.05) is 0 Å². The van der Waals surface area contributed by atoms with Crippen molar-refractivity contribution < 1.29 is 59.6 Å². The first-order chi connectivity index (χ1) is 1.73. The molecular weight excluding hydrogens is 166 g/mol. The fourth-order valence-corrected chi connectivity index (χ4v) is 0. The van der Waals surface area contributed by atoms with Gasteiger partial charge in [0.25, 0.3) is 0 Å². The van der Waals surface area contributed by atoms with Crippen molar-refractivity contribution in [1.82, 2.24) is 0 Å². The summed E-state index contributed by atoms with van der Waals surface area (Å²) in [4.78, 5) is 8.25. The van der Waals surface area contributed by atoms with Crippen molar-refractivity contribution in [3.63, 3.8) is 0 Å². The minimum Gasteiger partial charge on any atom is -0.412 e. The van der Waals surface area contributed by atoms with Gasteiger partial charge in [-0.05, 0) is 0 Å². The zero-order valence-corrected chi connectivity index (χ0v) is 8.85. The molecule has 5 nitrogen and oxygen atoms in total. The summed E-state index contributed by atoms with van der Waals surface area (Å²) < 4.78 is 0. The third kappa shape index (κ3) is 253. The third-order valence-corrected chi connectivity index (χ3v) is 0. The zero-order chi connectivity index (χ0) is 3.58. The molecule has 0 amide bonds. The van der Waals surface area contributed by atoms with E-state index in [1.54, 1.807) is 0 Å². The Morgan fingerprint density at radius 1 is 1.29 bits per heavy atom. The van der Waals surface area contributed by atoms with Crippen molar-refractivity contribution in [2.45, 2.75) is 0 Å². The maximum atomic E-state index is 8.25. The molecular formula is H2NNaO4Zn. The molecule has 0 rings (SSSR count). The fourth-order valence-electron chi connectivity index (χ4n) is 0. The standard InChI is InChI=1S/NO3.Na.H2O.Zn/c2-1(3)4;;;/h;;1H2;/q-1;+1;;. The quantitative estimate of drug-likeness (QED) is 0.209. The van der Waals surface area contributed by atoms with Crippen molar-refractivity contribution in [2.75, 3.05) is 0 Å². The predicted octanol–water partition coefficient (Wildman–Crippen LogP) is -4.06. The summed E-state index contributed by atoms with van der Waals surface area (Å²) in [6, 6.07) is 0. The summed E-state index contributed by atoms with van der Waals surface area (Å²) >= 11 is 0. The van der Waals surface area contributed by atoms with Crippen LogP contribution in [0, 0.1) is 15.3 Å². The van der Waals surface area contributed by atoms with Gasteiger partial charge < -0.3 is 20.8 Å². The van der Waals surface area contributed by atoms with Crippen LogP contribution in [0.4, 0.5) is 0 Å². The normalized spacial score (nSPS) is 3.43. The van der Waals surface area contributed by atoms with Gasteiger partial charge in [0.1, 0.15) is 0 Å². The van der Waals surface area contributed by atoms with Gasteiger partial charge in [-0.3, -0.25) is 0 Å². The van der Waals surface area contributed by atoms with E-state index in [2.05, 4.69) is 0 Å². The van der Waals surface area contributed by atoms with Gasteiger partial charge in [-0.15, -0.1) is 0 Å². The van der Waals surface area contributed by atoms with Crippen LogP contribution in [0.2, 0.25) is 0 Å². The smallest absolute Gasteiger partial charge is 0.412 e. The van der Waals surface area contributed by atoms with Gasteiger partial charge in [0.05, 0.1) is 5.09 Å². The Kier molecular flexibility index (Phi) is 56.7. The van der Waals surface area contributed by atoms with E-state index in [1.165, 1.54) is 0 Å². The Hall–Kier alpha value is 0.783. The van der Waals surface area contributed by atoms with Crippen molar-refractivity contribution in [3.8, 4) is 0 Å². The molecule has 0 saturated carbocycles. The van der Waals surface area contributed by atoms with Crippen molar-refractivity contribution in [1.29, 1.82) is 0 Å². The van der Waals surface area contributed by atoms with Crippen LogP contribution in [0.3, 0.4) is 0 Å². The SMILES string of the molecule is O.O=[N+]([O-])[O-].[Na+].[Zn]. The van der Waals surface area contributed by atoms with E-state index < -0.39 is 5.09 Å². The molecule has 0 aromatic rings. The molecule has 0 aliphatic carbocycles. The minimum atomic E-state index is -1.75. The average molecular weight is 168 g/mol. The second-order valence-corrected chi connectivity index (χ2v) is 0.224. The second-order valence-electron chi connectivity index (χ2n) is 0.224. The van der Waals surface area contributed by atoms with Crippen LogP contribution in [0.15, 0.2) is 0 Å². The molecule has 0 aromatic heterocycles. The van der Waals surface area contributed by atoms with Gasteiger partial charge in [0.15, 0.2) is 0 Å². The van der Waals surface area contributed by atoms with Crippen LogP contribution >= 0.6 is 0 Å². The Morgan fingerprint density at radius 3 is 1.29 bits per heavy atom. The van der Waals surface area contributed by atoms with Gasteiger partial charge in [-0.25, -0.2) is 0 Å². The molecule has 0 fully saturated rings. The molecule has 0 saturated heterocycles. The molecule has 7 heteroatoms. The molecule has 0 bridgehead atoms. The number of nitrogens with zero attached hydrogens (tertiary/aromatic N) is 1. The molecule has 0 heterocycles. The molecule has 0 radical (unpaired) electrons. The van der Waals surface area contributed by atoms with E-state index in [4.69, 9.17) is 15.3 Å². The molecule has 0 atom stereocenters. The first-order valence-corrected chi connectivity index (χ1v) is 0.548. The van der Waals surface area contributed by atoms with E-state index in [9.17, 15) is 0 Å². The molecule has 0 aliphatic rings. The fraction of sp³-hybridized carbons (Fsp3) is 0. The summed E-state index contributed by atoms with van der Waals surface area (Å²) in [6.07, 6.45) is 0. The van der Waals surface area contributed by atoms with Gasteiger partial charge in [0.2, 0.25) is 0 Å². The monoisotopic (exact) mass is 167 g/mol. The largest absolute Gasteiger partial charge is 1.00 e. The Bertz CT molecular complexity index is 34.7. The van der Waals surface area contributed by atoms with Crippen molar-refractivity contribution in [2.24, 2.45) is 0 Å². The summed E-state index contributed by atoms with van der Waals surface area (Å²) in [7, 11) is 0.